The molecule has 3 aromatic heterocycles. The maximum Gasteiger partial charge on any atom is 0.199 e. The van der Waals surface area contributed by atoms with Crippen molar-refractivity contribution in [3.05, 3.63) is 198 Å². The minimum Gasteiger partial charge on any atom is -0.456 e. The molecule has 53 heavy (non-hydrogen) atoms. The van der Waals surface area contributed by atoms with Gasteiger partial charge >= 0.3 is 0 Å². The molecule has 1 aliphatic rings. The van der Waals surface area contributed by atoms with E-state index in [0.717, 1.165) is 55.2 Å². The topological polar surface area (TPSA) is 65.0 Å². The molecule has 1 aliphatic carbocycles. The summed E-state index contributed by atoms with van der Waals surface area (Å²) in [4.78, 5) is 15.5. The van der Waals surface area contributed by atoms with Crippen LogP contribution in [0.15, 0.2) is 185 Å². The second kappa shape index (κ2) is 11.5. The van der Waals surface area contributed by atoms with Crippen molar-refractivity contribution in [2.24, 2.45) is 0 Å². The predicted octanol–water partition coefficient (Wildman–Crippen LogP) is 11.9. The molecular formula is C48H29N3O2. The third kappa shape index (κ3) is 4.41. The van der Waals surface area contributed by atoms with Crippen molar-refractivity contribution >= 4 is 32.9 Å². The number of fused-ring (bicyclic) bond motifs is 7. The van der Waals surface area contributed by atoms with Gasteiger partial charge in [0.1, 0.15) is 16.7 Å². The molecule has 0 unspecified atom stereocenters. The van der Waals surface area contributed by atoms with Crippen LogP contribution in [0.2, 0.25) is 0 Å². The van der Waals surface area contributed by atoms with Crippen LogP contribution in [0.4, 0.5) is 0 Å². The van der Waals surface area contributed by atoms with Crippen molar-refractivity contribution in [2.75, 3.05) is 0 Å². The van der Waals surface area contributed by atoms with Crippen LogP contribution in [0.25, 0.3) is 78.4 Å². The van der Waals surface area contributed by atoms with E-state index in [-0.39, 0.29) is 0 Å². The van der Waals surface area contributed by atoms with Gasteiger partial charge in [0.15, 0.2) is 23.2 Å². The summed E-state index contributed by atoms with van der Waals surface area (Å²) in [7, 11) is 0. The van der Waals surface area contributed by atoms with Crippen molar-refractivity contribution in [1.82, 2.24) is 15.0 Å². The number of hydrogen-bond donors (Lipinski definition) is 0. The molecular weight excluding hydrogens is 651 g/mol. The predicted molar refractivity (Wildman–Crippen MR) is 210 cm³/mol. The van der Waals surface area contributed by atoms with Crippen LogP contribution in [0.5, 0.6) is 0 Å². The molecule has 0 atom stereocenters. The molecule has 0 radical (unpaired) electrons. The summed E-state index contributed by atoms with van der Waals surface area (Å²) in [6, 6.07) is 61.1. The van der Waals surface area contributed by atoms with Gasteiger partial charge in [-0.3, -0.25) is 0 Å². The summed E-state index contributed by atoms with van der Waals surface area (Å²) in [6.45, 7) is 0. The molecule has 3 heterocycles. The molecule has 7 aromatic carbocycles. The first-order chi connectivity index (χ1) is 26.3. The highest BCUT2D eigenvalue weighted by molar-refractivity contribution is 6.05. The quantitative estimate of drug-likeness (QED) is 0.181. The Morgan fingerprint density at radius 1 is 0.396 bits per heavy atom. The van der Waals surface area contributed by atoms with Crippen LogP contribution in [0.1, 0.15) is 22.3 Å². The van der Waals surface area contributed by atoms with Gasteiger partial charge in [-0.2, -0.15) is 0 Å². The van der Waals surface area contributed by atoms with Gasteiger partial charge in [-0.25, -0.2) is 15.0 Å². The number of rotatable bonds is 5. The molecule has 0 saturated heterocycles. The fourth-order valence-electron chi connectivity index (χ4n) is 8.37. The minimum atomic E-state index is -0.547. The first kappa shape index (κ1) is 29.6. The van der Waals surface area contributed by atoms with Crippen LogP contribution in [-0.2, 0) is 5.41 Å². The van der Waals surface area contributed by atoms with Gasteiger partial charge in [-0.1, -0.05) is 146 Å². The average Bonchev–Trinajstić information content (AvgIpc) is 3.92. The van der Waals surface area contributed by atoms with Gasteiger partial charge < -0.3 is 8.83 Å². The summed E-state index contributed by atoms with van der Waals surface area (Å²) in [6.07, 6.45) is 0. The Kier molecular flexibility index (Phi) is 6.40. The molecule has 0 bridgehead atoms. The zero-order valence-electron chi connectivity index (χ0n) is 28.4. The average molecular weight is 680 g/mol. The van der Waals surface area contributed by atoms with Gasteiger partial charge in [0, 0.05) is 27.3 Å². The van der Waals surface area contributed by atoms with Crippen molar-refractivity contribution in [1.29, 1.82) is 0 Å². The first-order valence-corrected chi connectivity index (χ1v) is 17.8. The largest absolute Gasteiger partial charge is 0.456 e. The van der Waals surface area contributed by atoms with Crippen LogP contribution in [0.3, 0.4) is 0 Å². The molecule has 0 amide bonds. The van der Waals surface area contributed by atoms with E-state index < -0.39 is 5.41 Å². The van der Waals surface area contributed by atoms with E-state index in [2.05, 4.69) is 121 Å². The lowest BCUT2D eigenvalue weighted by Crippen LogP contribution is -2.28. The van der Waals surface area contributed by atoms with Gasteiger partial charge in [0.2, 0.25) is 0 Å². The Morgan fingerprint density at radius 2 is 1.02 bits per heavy atom. The summed E-state index contributed by atoms with van der Waals surface area (Å²) in [5.74, 6) is 2.15. The lowest BCUT2D eigenvalue weighted by Gasteiger charge is -2.33. The van der Waals surface area contributed by atoms with E-state index in [1.165, 1.54) is 22.3 Å². The first-order valence-electron chi connectivity index (χ1n) is 17.8. The Morgan fingerprint density at radius 3 is 1.83 bits per heavy atom. The molecule has 0 saturated carbocycles. The van der Waals surface area contributed by atoms with Gasteiger partial charge in [-0.15, -0.1) is 0 Å². The molecule has 248 valence electrons. The number of aromatic nitrogens is 3. The summed E-state index contributed by atoms with van der Waals surface area (Å²) >= 11 is 0. The van der Waals surface area contributed by atoms with E-state index in [1.807, 2.05) is 54.6 Å². The second-order valence-corrected chi connectivity index (χ2v) is 13.5. The molecule has 10 aromatic rings. The Labute approximate surface area is 304 Å². The number of para-hydroxylation sites is 2. The lowest BCUT2D eigenvalue weighted by atomic mass is 9.67. The number of benzene rings is 7. The van der Waals surface area contributed by atoms with Crippen molar-refractivity contribution in [3.63, 3.8) is 0 Å². The van der Waals surface area contributed by atoms with Crippen LogP contribution in [-0.4, -0.2) is 15.0 Å². The molecule has 11 rings (SSSR count). The lowest BCUT2D eigenvalue weighted by molar-refractivity contribution is 0.625. The Bertz CT molecular complexity index is 2940. The fourth-order valence-corrected chi connectivity index (χ4v) is 8.37. The minimum absolute atomic E-state index is 0.465. The van der Waals surface area contributed by atoms with Crippen LogP contribution < -0.4 is 0 Å². The number of hydrogen-bond acceptors (Lipinski definition) is 5. The zero-order valence-corrected chi connectivity index (χ0v) is 28.4. The van der Waals surface area contributed by atoms with Crippen LogP contribution >= 0.6 is 0 Å². The monoisotopic (exact) mass is 679 g/mol. The van der Waals surface area contributed by atoms with Crippen molar-refractivity contribution < 1.29 is 8.83 Å². The van der Waals surface area contributed by atoms with Crippen molar-refractivity contribution in [3.8, 4) is 45.5 Å². The summed E-state index contributed by atoms with van der Waals surface area (Å²) < 4.78 is 12.7. The highest BCUT2D eigenvalue weighted by Crippen LogP contribution is 2.58. The maximum atomic E-state index is 6.37. The normalized spacial score (nSPS) is 13.1. The van der Waals surface area contributed by atoms with E-state index >= 15 is 0 Å². The highest BCUT2D eigenvalue weighted by Gasteiger charge is 2.47. The standard InChI is InChI=1S/C48H29N3O2/c1-3-15-32(16-4-1)48(33-17-5-2-6-18-33)38-22-10-8-20-36(38)44-37(21-13-23-39(44)48)46-49-45(50-47(51-46)43-28-30-14-7-11-24-40(30)52-43)31-26-27-35-34-19-9-12-25-41(34)53-42(35)29-31/h1-29H. The van der Waals surface area contributed by atoms with Gasteiger partial charge in [-0.05, 0) is 63.7 Å². The van der Waals surface area contributed by atoms with E-state index in [1.54, 1.807) is 0 Å². The molecule has 5 nitrogen and oxygen atoms in total. The molecule has 0 N–H and O–H groups in total. The second-order valence-electron chi connectivity index (χ2n) is 13.5. The van der Waals surface area contributed by atoms with Gasteiger partial charge in [0.25, 0.3) is 0 Å². The Balaban J connectivity index is 1.19. The third-order valence-corrected chi connectivity index (χ3v) is 10.6. The zero-order chi connectivity index (χ0) is 34.9. The summed E-state index contributed by atoms with van der Waals surface area (Å²) in [5.41, 5.74) is 10.7. The molecule has 0 fully saturated rings. The number of nitrogens with zero attached hydrogens (tertiary/aromatic N) is 3. The fraction of sp³-hybridized carbons (Fsp3) is 0.0208. The molecule has 5 heteroatoms. The SMILES string of the molecule is c1ccc(C2(c3ccccc3)c3ccccc3-c3c(-c4nc(-c5ccc6c(c5)oc5ccccc56)nc(-c5cc6ccccc6o5)n4)cccc32)cc1. The van der Waals surface area contributed by atoms with Crippen molar-refractivity contribution in [2.45, 2.75) is 5.41 Å². The smallest absolute Gasteiger partial charge is 0.199 e. The molecule has 0 spiro atoms. The van der Waals surface area contributed by atoms with Gasteiger partial charge in [0.05, 0.1) is 5.41 Å². The van der Waals surface area contributed by atoms with Crippen LogP contribution in [0, 0.1) is 0 Å². The highest BCUT2D eigenvalue weighted by atomic mass is 16.3. The third-order valence-electron chi connectivity index (χ3n) is 10.6. The van der Waals surface area contributed by atoms with E-state index in [4.69, 9.17) is 23.8 Å². The van der Waals surface area contributed by atoms with E-state index in [9.17, 15) is 0 Å². The summed E-state index contributed by atoms with van der Waals surface area (Å²) in [5, 5.41) is 3.11. The Hall–Kier alpha value is -7.11. The number of furan rings is 2. The maximum absolute atomic E-state index is 6.37. The van der Waals surface area contributed by atoms with E-state index in [0.29, 0.717) is 23.2 Å². The molecule has 0 aliphatic heterocycles.